The lowest BCUT2D eigenvalue weighted by atomic mass is 9.95. The van der Waals surface area contributed by atoms with Gasteiger partial charge in [-0.05, 0) is 69.1 Å². The summed E-state index contributed by atoms with van der Waals surface area (Å²) in [6, 6.07) is 21.8. The van der Waals surface area contributed by atoms with E-state index in [0.717, 1.165) is 24.9 Å². The van der Waals surface area contributed by atoms with Gasteiger partial charge in [0.05, 0.1) is 6.07 Å². The van der Waals surface area contributed by atoms with Crippen molar-refractivity contribution >= 4 is 0 Å². The van der Waals surface area contributed by atoms with E-state index in [9.17, 15) is 8.78 Å². The molecule has 1 saturated carbocycles. The molecule has 0 amide bonds. The fraction of sp³-hybridized carbons (Fsp3) is 0.519. The molecular weight excluding hydrogens is 390 g/mol. The predicted octanol–water partition coefficient (Wildman–Crippen LogP) is 7.00. The second-order valence-electron chi connectivity index (χ2n) is 8.80. The lowest BCUT2D eigenvalue weighted by Gasteiger charge is -2.33. The van der Waals surface area contributed by atoms with Crippen molar-refractivity contribution in [2.24, 2.45) is 0 Å². The number of benzene rings is 2. The van der Waals surface area contributed by atoms with E-state index in [1.54, 1.807) is 6.07 Å². The van der Waals surface area contributed by atoms with E-state index in [1.807, 2.05) is 0 Å². The number of nitriles is 1. The van der Waals surface area contributed by atoms with E-state index in [4.69, 9.17) is 5.26 Å². The van der Waals surface area contributed by atoms with Crippen LogP contribution in [0.4, 0.5) is 8.78 Å². The van der Waals surface area contributed by atoms with Gasteiger partial charge in [0.1, 0.15) is 12.3 Å². The zero-order chi connectivity index (χ0) is 22.8. The fourth-order valence-corrected chi connectivity index (χ4v) is 4.35. The van der Waals surface area contributed by atoms with Crippen molar-refractivity contribution in [1.29, 1.82) is 5.26 Å². The number of hydrogen-bond donors (Lipinski definition) is 0. The number of hydrogen-bond acceptors (Lipinski definition) is 2. The SMILES string of the molecule is CC#N.CC(C)N(Cc1ccccc1)C(C)CCc1ccc(C2CC(F)C(F)C2)cc1. The van der Waals surface area contributed by atoms with E-state index in [-0.39, 0.29) is 5.92 Å². The van der Waals surface area contributed by atoms with Crippen LogP contribution in [0.25, 0.3) is 0 Å². The van der Waals surface area contributed by atoms with Crippen molar-refractivity contribution in [2.75, 3.05) is 0 Å². The number of halogens is 2. The van der Waals surface area contributed by atoms with Crippen molar-refractivity contribution in [2.45, 2.75) is 90.3 Å². The van der Waals surface area contributed by atoms with Crippen LogP contribution in [-0.2, 0) is 13.0 Å². The molecule has 168 valence electrons. The molecule has 2 nitrogen and oxygen atoms in total. The van der Waals surface area contributed by atoms with Gasteiger partial charge < -0.3 is 0 Å². The Hall–Kier alpha value is -2.25. The summed E-state index contributed by atoms with van der Waals surface area (Å²) in [5, 5.41) is 7.32. The van der Waals surface area contributed by atoms with E-state index in [2.05, 4.69) is 80.3 Å². The van der Waals surface area contributed by atoms with Crippen molar-refractivity contribution in [1.82, 2.24) is 4.90 Å². The normalized spacial score (nSPS) is 21.5. The van der Waals surface area contributed by atoms with Crippen LogP contribution >= 0.6 is 0 Å². The smallest absolute Gasteiger partial charge is 0.132 e. The summed E-state index contributed by atoms with van der Waals surface area (Å²) in [4.78, 5) is 2.55. The zero-order valence-electron chi connectivity index (χ0n) is 19.3. The molecule has 0 heterocycles. The maximum absolute atomic E-state index is 13.5. The van der Waals surface area contributed by atoms with Crippen molar-refractivity contribution in [3.8, 4) is 6.07 Å². The molecule has 0 aliphatic heterocycles. The molecule has 0 radical (unpaired) electrons. The first kappa shape index (κ1) is 25.0. The molecular formula is C27H36F2N2. The summed E-state index contributed by atoms with van der Waals surface area (Å²) >= 11 is 0. The molecule has 0 N–H and O–H groups in total. The number of rotatable bonds is 8. The Kier molecular flexibility index (Phi) is 10.1. The van der Waals surface area contributed by atoms with E-state index < -0.39 is 12.3 Å². The Morgan fingerprint density at radius 3 is 2.00 bits per heavy atom. The molecule has 2 aromatic carbocycles. The average molecular weight is 427 g/mol. The molecule has 3 rings (SSSR count). The molecule has 2 aromatic rings. The fourth-order valence-electron chi connectivity index (χ4n) is 4.35. The summed E-state index contributed by atoms with van der Waals surface area (Å²) in [5.74, 6) is 0.0280. The van der Waals surface area contributed by atoms with Gasteiger partial charge in [-0.15, -0.1) is 0 Å². The monoisotopic (exact) mass is 426 g/mol. The second-order valence-corrected chi connectivity index (χ2v) is 8.80. The van der Waals surface area contributed by atoms with E-state index in [0.29, 0.717) is 24.9 Å². The van der Waals surface area contributed by atoms with Crippen LogP contribution in [0.15, 0.2) is 54.6 Å². The molecule has 0 spiro atoms. The minimum atomic E-state index is -1.29. The Bertz CT molecular complexity index is 788. The standard InChI is InChI=1S/C25H33F2N.C2H3N/c1-18(2)28(17-21-7-5-4-6-8-21)19(3)9-10-20-11-13-22(14-12-20)23-15-24(26)25(27)16-23;1-2-3/h4-8,11-14,18-19,23-25H,9-10,15-17H2,1-3H3;1H3. The highest BCUT2D eigenvalue weighted by atomic mass is 19.2. The first-order valence-corrected chi connectivity index (χ1v) is 11.3. The summed E-state index contributed by atoms with van der Waals surface area (Å²) in [6.07, 6.45) is 0.157. The van der Waals surface area contributed by atoms with Crippen LogP contribution in [0.1, 0.15) is 69.6 Å². The maximum Gasteiger partial charge on any atom is 0.132 e. The highest BCUT2D eigenvalue weighted by molar-refractivity contribution is 5.27. The molecule has 1 aliphatic rings. The van der Waals surface area contributed by atoms with Gasteiger partial charge in [0, 0.05) is 25.6 Å². The molecule has 3 unspecified atom stereocenters. The Morgan fingerprint density at radius 1 is 0.935 bits per heavy atom. The molecule has 1 fully saturated rings. The Labute approximate surface area is 186 Å². The largest absolute Gasteiger partial charge is 0.294 e. The third-order valence-electron chi connectivity index (χ3n) is 6.15. The summed E-state index contributed by atoms with van der Waals surface area (Å²) in [7, 11) is 0. The lowest BCUT2D eigenvalue weighted by molar-refractivity contribution is 0.147. The lowest BCUT2D eigenvalue weighted by Crippen LogP contribution is -2.38. The maximum atomic E-state index is 13.5. The minimum absolute atomic E-state index is 0.0280. The number of aryl methyl sites for hydroxylation is 1. The van der Waals surface area contributed by atoms with Gasteiger partial charge in [-0.1, -0.05) is 54.6 Å². The van der Waals surface area contributed by atoms with E-state index >= 15 is 0 Å². The topological polar surface area (TPSA) is 27.0 Å². The summed E-state index contributed by atoms with van der Waals surface area (Å²) in [5.41, 5.74) is 3.72. The van der Waals surface area contributed by atoms with Gasteiger partial charge in [-0.2, -0.15) is 5.26 Å². The van der Waals surface area contributed by atoms with Crippen LogP contribution in [0.2, 0.25) is 0 Å². The van der Waals surface area contributed by atoms with E-state index in [1.165, 1.54) is 18.1 Å². The average Bonchev–Trinajstić information content (AvgIpc) is 3.10. The predicted molar refractivity (Wildman–Crippen MR) is 124 cm³/mol. The number of alkyl halides is 2. The van der Waals surface area contributed by atoms with Gasteiger partial charge in [0.2, 0.25) is 0 Å². The van der Waals surface area contributed by atoms with Crippen LogP contribution < -0.4 is 0 Å². The second kappa shape index (κ2) is 12.6. The van der Waals surface area contributed by atoms with Crippen molar-refractivity contribution < 1.29 is 8.78 Å². The Balaban J connectivity index is 0.00000107. The molecule has 31 heavy (non-hydrogen) atoms. The third-order valence-corrected chi connectivity index (χ3v) is 6.15. The quantitative estimate of drug-likeness (QED) is 0.454. The molecule has 3 atom stereocenters. The van der Waals surface area contributed by atoms with Gasteiger partial charge in [-0.3, -0.25) is 4.90 Å². The molecule has 0 bridgehead atoms. The van der Waals surface area contributed by atoms with Gasteiger partial charge in [0.15, 0.2) is 0 Å². The molecule has 0 saturated heterocycles. The van der Waals surface area contributed by atoms with Crippen molar-refractivity contribution in [3.05, 3.63) is 71.3 Å². The Morgan fingerprint density at radius 2 is 1.48 bits per heavy atom. The third kappa shape index (κ3) is 7.74. The zero-order valence-corrected chi connectivity index (χ0v) is 19.3. The molecule has 4 heteroatoms. The van der Waals surface area contributed by atoms with Crippen LogP contribution in [-0.4, -0.2) is 29.3 Å². The van der Waals surface area contributed by atoms with Gasteiger partial charge >= 0.3 is 0 Å². The molecule has 1 aliphatic carbocycles. The van der Waals surface area contributed by atoms with Crippen LogP contribution in [0.3, 0.4) is 0 Å². The first-order valence-electron chi connectivity index (χ1n) is 11.3. The highest BCUT2D eigenvalue weighted by Gasteiger charge is 2.35. The highest BCUT2D eigenvalue weighted by Crippen LogP contribution is 2.38. The van der Waals surface area contributed by atoms with Crippen LogP contribution in [0.5, 0.6) is 0 Å². The molecule has 0 aromatic heterocycles. The summed E-state index contributed by atoms with van der Waals surface area (Å²) in [6.45, 7) is 9.21. The first-order chi connectivity index (χ1) is 14.8. The number of nitrogens with zero attached hydrogens (tertiary/aromatic N) is 2. The minimum Gasteiger partial charge on any atom is -0.294 e. The summed E-state index contributed by atoms with van der Waals surface area (Å²) < 4.78 is 26.9. The van der Waals surface area contributed by atoms with Gasteiger partial charge in [0.25, 0.3) is 0 Å². The van der Waals surface area contributed by atoms with Gasteiger partial charge in [-0.25, -0.2) is 8.78 Å². The van der Waals surface area contributed by atoms with Crippen molar-refractivity contribution in [3.63, 3.8) is 0 Å². The van der Waals surface area contributed by atoms with Crippen LogP contribution in [0, 0.1) is 11.3 Å².